The molecule has 3 fully saturated rings. The lowest BCUT2D eigenvalue weighted by molar-refractivity contribution is -0.145. The number of likely N-dealkylation sites (tertiary alicyclic amines) is 1. The molecule has 0 unspecified atom stereocenters. The zero-order chi connectivity index (χ0) is 37.4. The molecule has 53 heavy (non-hydrogen) atoms. The van der Waals surface area contributed by atoms with Crippen LogP contribution in [0.5, 0.6) is 11.5 Å². The molecule has 4 aliphatic rings. The van der Waals surface area contributed by atoms with Gasteiger partial charge in [-0.15, -0.1) is 17.9 Å². The lowest BCUT2D eigenvalue weighted by atomic mass is 10.0. The summed E-state index contributed by atoms with van der Waals surface area (Å²) in [6.45, 7) is 7.37. The molecular formula is C39H47N5O8S. The molecule has 7 rings (SSSR count). The molecule has 1 saturated heterocycles. The first kappa shape index (κ1) is 36.6. The highest BCUT2D eigenvalue weighted by atomic mass is 32.1. The fraction of sp³-hybridized carbons (Fsp3) is 0.538. The Kier molecular flexibility index (Phi) is 10.3. The topological polar surface area (TPSA) is 169 Å². The van der Waals surface area contributed by atoms with E-state index in [4.69, 9.17) is 24.2 Å². The summed E-state index contributed by atoms with van der Waals surface area (Å²) in [5.41, 5.74) is 0.912. The predicted octanol–water partition coefficient (Wildman–Crippen LogP) is 5.43. The Hall–Kier alpha value is -4.72. The van der Waals surface area contributed by atoms with Crippen LogP contribution in [-0.2, 0) is 32.0 Å². The highest BCUT2D eigenvalue weighted by Gasteiger charge is 2.61. The maximum absolute atomic E-state index is 14.4. The van der Waals surface area contributed by atoms with E-state index in [0.717, 1.165) is 67.5 Å². The number of pyridine rings is 1. The van der Waals surface area contributed by atoms with Crippen molar-refractivity contribution in [3.63, 3.8) is 0 Å². The van der Waals surface area contributed by atoms with E-state index in [2.05, 4.69) is 17.2 Å². The number of carboxylic acid groups (broad SMARTS) is 1. The SMILES string of the molecule is C=C[C@@H]1C[C@]1(NC(=O)[C@@H]1C[C@@H](Oc2cc(-c3nc4c(s3)CCCC4)nc3cc(OC)ccc23)CN1C(=O)[C@@H](NC(=O)OC1CCCC1)C(C)C)C(=O)O. The second-order valence-electron chi connectivity index (χ2n) is 15.0. The van der Waals surface area contributed by atoms with Crippen molar-refractivity contribution in [3.8, 4) is 22.2 Å². The number of fused-ring (bicyclic) bond motifs is 2. The largest absolute Gasteiger partial charge is 0.497 e. The number of nitrogens with one attached hydrogen (secondary N) is 2. The maximum atomic E-state index is 14.4. The number of nitrogens with zero attached hydrogens (tertiary/aromatic N) is 3. The molecule has 3 aliphatic carbocycles. The lowest BCUT2D eigenvalue weighted by Crippen LogP contribution is -2.57. The van der Waals surface area contributed by atoms with Gasteiger partial charge in [-0.05, 0) is 75.8 Å². The Morgan fingerprint density at radius 3 is 2.53 bits per heavy atom. The van der Waals surface area contributed by atoms with Crippen molar-refractivity contribution in [2.75, 3.05) is 13.7 Å². The minimum atomic E-state index is -1.49. The van der Waals surface area contributed by atoms with Crippen LogP contribution in [0.2, 0.25) is 0 Å². The molecule has 1 aliphatic heterocycles. The molecule has 282 valence electrons. The highest BCUT2D eigenvalue weighted by Crippen LogP contribution is 2.45. The zero-order valence-corrected chi connectivity index (χ0v) is 31.2. The summed E-state index contributed by atoms with van der Waals surface area (Å²) in [7, 11) is 1.59. The normalized spacial score (nSPS) is 24.4. The zero-order valence-electron chi connectivity index (χ0n) is 30.4. The van der Waals surface area contributed by atoms with Crippen LogP contribution in [0.25, 0.3) is 21.6 Å². The van der Waals surface area contributed by atoms with E-state index in [0.29, 0.717) is 22.7 Å². The molecule has 3 heterocycles. The molecule has 3 aromatic rings. The number of alkyl carbamates (subject to hydrolysis) is 1. The fourth-order valence-electron chi connectivity index (χ4n) is 7.86. The van der Waals surface area contributed by atoms with Crippen molar-refractivity contribution in [3.05, 3.63) is 47.5 Å². The quantitative estimate of drug-likeness (QED) is 0.203. The van der Waals surface area contributed by atoms with Crippen molar-refractivity contribution in [1.82, 2.24) is 25.5 Å². The predicted molar refractivity (Wildman–Crippen MR) is 198 cm³/mol. The number of thiazole rings is 1. The van der Waals surface area contributed by atoms with Crippen LogP contribution in [0.1, 0.15) is 75.8 Å². The molecule has 2 aromatic heterocycles. The molecule has 3 amide bonds. The standard InChI is InChI=1S/C39H47N5O8S/c1-5-22-19-39(22,37(47)48)43-34(45)30-17-25(20-44(30)36(46)33(21(2)3)42-38(49)52-23-10-6-7-11-23)51-31-18-29(35-41-27-12-8-9-13-32(27)53-35)40-28-16-24(50-4)14-15-26(28)31/h5,14-16,18,21-23,25,30,33H,1,6-13,17,19-20H2,2-4H3,(H,42,49)(H,43,45)(H,47,48)/t22-,25-,30+,33+,39-/m1/s1. The van der Waals surface area contributed by atoms with Crippen LogP contribution in [0.15, 0.2) is 36.9 Å². The number of carboxylic acids is 1. The average molecular weight is 746 g/mol. The highest BCUT2D eigenvalue weighted by molar-refractivity contribution is 7.15. The van der Waals surface area contributed by atoms with E-state index in [1.165, 1.54) is 15.9 Å². The third-order valence-electron chi connectivity index (χ3n) is 11.0. The molecule has 3 N–H and O–H groups in total. The van der Waals surface area contributed by atoms with Gasteiger partial charge in [0.15, 0.2) is 0 Å². The van der Waals surface area contributed by atoms with Gasteiger partial charge in [0.25, 0.3) is 0 Å². The second kappa shape index (κ2) is 15.0. The van der Waals surface area contributed by atoms with E-state index in [1.54, 1.807) is 18.4 Å². The van der Waals surface area contributed by atoms with Gasteiger partial charge in [0, 0.05) is 34.7 Å². The van der Waals surface area contributed by atoms with Crippen LogP contribution >= 0.6 is 11.3 Å². The summed E-state index contributed by atoms with van der Waals surface area (Å²) in [6.07, 6.45) is 7.97. The Bertz CT molecular complexity index is 1900. The number of carbonyl (C=O) groups excluding carboxylic acids is 3. The molecular weight excluding hydrogens is 699 g/mol. The van der Waals surface area contributed by atoms with Gasteiger partial charge in [0.05, 0.1) is 24.9 Å². The molecule has 14 heteroatoms. The van der Waals surface area contributed by atoms with Crippen LogP contribution in [0.3, 0.4) is 0 Å². The number of amides is 3. The van der Waals surface area contributed by atoms with Crippen molar-refractivity contribution in [2.24, 2.45) is 11.8 Å². The first-order valence-corrected chi connectivity index (χ1v) is 19.4. The lowest BCUT2D eigenvalue weighted by Gasteiger charge is -2.31. The molecule has 0 spiro atoms. The van der Waals surface area contributed by atoms with Gasteiger partial charge < -0.3 is 34.9 Å². The van der Waals surface area contributed by atoms with Gasteiger partial charge in [-0.3, -0.25) is 9.59 Å². The van der Waals surface area contributed by atoms with Gasteiger partial charge in [0.2, 0.25) is 11.8 Å². The number of methoxy groups -OCH3 is 1. The van der Waals surface area contributed by atoms with E-state index in [9.17, 15) is 24.3 Å². The van der Waals surface area contributed by atoms with Gasteiger partial charge in [-0.2, -0.15) is 0 Å². The minimum absolute atomic E-state index is 0.0192. The van der Waals surface area contributed by atoms with Crippen LogP contribution < -0.4 is 20.1 Å². The number of hydrogen-bond acceptors (Lipinski definition) is 10. The first-order chi connectivity index (χ1) is 25.5. The third kappa shape index (κ3) is 7.42. The Morgan fingerprint density at radius 2 is 1.85 bits per heavy atom. The van der Waals surface area contributed by atoms with E-state index >= 15 is 0 Å². The van der Waals surface area contributed by atoms with Crippen molar-refractivity contribution < 1.29 is 38.5 Å². The number of carbonyl (C=O) groups is 4. The maximum Gasteiger partial charge on any atom is 0.408 e. The van der Waals surface area contributed by atoms with Crippen LogP contribution in [0.4, 0.5) is 4.79 Å². The smallest absolute Gasteiger partial charge is 0.408 e. The monoisotopic (exact) mass is 745 g/mol. The second-order valence-corrected chi connectivity index (χ2v) is 16.0. The van der Waals surface area contributed by atoms with Gasteiger partial charge in [0.1, 0.15) is 52.0 Å². The fourth-order valence-corrected chi connectivity index (χ4v) is 8.97. The summed E-state index contributed by atoms with van der Waals surface area (Å²) >= 11 is 1.64. The molecule has 0 bridgehead atoms. The number of ether oxygens (including phenoxy) is 3. The van der Waals surface area contributed by atoms with E-state index in [-0.39, 0.29) is 31.4 Å². The molecule has 5 atom stereocenters. The number of aromatic nitrogens is 2. The van der Waals surface area contributed by atoms with Gasteiger partial charge in [-0.25, -0.2) is 19.6 Å². The number of aryl methyl sites for hydroxylation is 2. The average Bonchev–Trinajstić information content (AvgIpc) is 3.54. The van der Waals surface area contributed by atoms with Gasteiger partial charge in [-0.1, -0.05) is 19.9 Å². The van der Waals surface area contributed by atoms with Crippen molar-refractivity contribution >= 4 is 46.1 Å². The summed E-state index contributed by atoms with van der Waals surface area (Å²) < 4.78 is 17.8. The first-order valence-electron chi connectivity index (χ1n) is 18.6. The molecule has 13 nitrogen and oxygen atoms in total. The summed E-state index contributed by atoms with van der Waals surface area (Å²) in [5, 5.41) is 17.1. The van der Waals surface area contributed by atoms with Gasteiger partial charge >= 0.3 is 12.1 Å². The molecule has 0 radical (unpaired) electrons. The van der Waals surface area contributed by atoms with Crippen LogP contribution in [0, 0.1) is 11.8 Å². The molecule has 1 aromatic carbocycles. The minimum Gasteiger partial charge on any atom is -0.497 e. The number of aliphatic carboxylic acids is 1. The summed E-state index contributed by atoms with van der Waals surface area (Å²) in [5.74, 6) is -1.89. The van der Waals surface area contributed by atoms with E-state index < -0.39 is 53.5 Å². The Balaban J connectivity index is 1.19. The number of hydrogen-bond donors (Lipinski definition) is 3. The van der Waals surface area contributed by atoms with Crippen molar-refractivity contribution in [1.29, 1.82) is 0 Å². The summed E-state index contributed by atoms with van der Waals surface area (Å²) in [4.78, 5) is 66.3. The summed E-state index contributed by atoms with van der Waals surface area (Å²) in [6, 6.07) is 5.31. The Morgan fingerprint density at radius 1 is 1.08 bits per heavy atom. The number of rotatable bonds is 12. The van der Waals surface area contributed by atoms with Crippen molar-refractivity contribution in [2.45, 2.75) is 108 Å². The van der Waals surface area contributed by atoms with Crippen LogP contribution in [-0.4, -0.2) is 87.3 Å². The number of benzene rings is 1. The Labute approximate surface area is 312 Å². The van der Waals surface area contributed by atoms with E-state index in [1.807, 2.05) is 38.1 Å². The molecule has 2 saturated carbocycles. The third-order valence-corrected chi connectivity index (χ3v) is 12.2.